The summed E-state index contributed by atoms with van der Waals surface area (Å²) in [4.78, 5) is 4.22. The highest BCUT2D eigenvalue weighted by atomic mass is 35.5. The highest BCUT2D eigenvalue weighted by molar-refractivity contribution is 7.99. The molecule has 1 heterocycles. The van der Waals surface area contributed by atoms with Crippen LogP contribution < -0.4 is 4.74 Å². The van der Waals surface area contributed by atoms with Crippen LogP contribution >= 0.6 is 23.4 Å². The highest BCUT2D eigenvalue weighted by Gasteiger charge is 1.96. The SMILES string of the molecule is Clc1ccc(OCCSc2ccccn2)cc1. The molecule has 0 saturated heterocycles. The molecule has 88 valence electrons. The molecule has 0 aliphatic carbocycles. The quantitative estimate of drug-likeness (QED) is 0.605. The van der Waals surface area contributed by atoms with Crippen LogP contribution in [0.4, 0.5) is 0 Å². The Hall–Kier alpha value is -1.19. The number of benzene rings is 1. The third-order valence-electron chi connectivity index (χ3n) is 2.05. The molecule has 0 radical (unpaired) electrons. The fourth-order valence-corrected chi connectivity index (χ4v) is 2.08. The topological polar surface area (TPSA) is 22.1 Å². The molecule has 0 atom stereocenters. The maximum absolute atomic E-state index is 5.79. The maximum atomic E-state index is 5.79. The predicted octanol–water partition coefficient (Wildman–Crippen LogP) is 3.91. The van der Waals surface area contributed by atoms with Gasteiger partial charge in [0.05, 0.1) is 11.6 Å². The van der Waals surface area contributed by atoms with Gasteiger partial charge < -0.3 is 4.74 Å². The number of ether oxygens (including phenoxy) is 1. The standard InChI is InChI=1S/C13H12ClNOS/c14-11-4-6-12(7-5-11)16-9-10-17-13-3-1-2-8-15-13/h1-8H,9-10H2. The predicted molar refractivity (Wildman–Crippen MR) is 71.9 cm³/mol. The Morgan fingerprint density at radius 2 is 1.94 bits per heavy atom. The van der Waals surface area contributed by atoms with Crippen LogP contribution in [0.25, 0.3) is 0 Å². The Morgan fingerprint density at radius 1 is 1.12 bits per heavy atom. The van der Waals surface area contributed by atoms with Gasteiger partial charge in [-0.2, -0.15) is 0 Å². The fraction of sp³-hybridized carbons (Fsp3) is 0.154. The molecule has 0 amide bonds. The third kappa shape index (κ3) is 4.29. The van der Waals surface area contributed by atoms with Crippen molar-refractivity contribution in [3.8, 4) is 5.75 Å². The number of rotatable bonds is 5. The van der Waals surface area contributed by atoms with Crippen molar-refractivity contribution in [1.29, 1.82) is 0 Å². The van der Waals surface area contributed by atoms with E-state index in [4.69, 9.17) is 16.3 Å². The number of halogens is 1. The van der Waals surface area contributed by atoms with Crippen molar-refractivity contribution in [2.75, 3.05) is 12.4 Å². The Labute approximate surface area is 110 Å². The monoisotopic (exact) mass is 265 g/mol. The largest absolute Gasteiger partial charge is 0.493 e. The van der Waals surface area contributed by atoms with Crippen LogP contribution in [0, 0.1) is 0 Å². The molecule has 2 nitrogen and oxygen atoms in total. The van der Waals surface area contributed by atoms with Gasteiger partial charge in [0.2, 0.25) is 0 Å². The molecule has 17 heavy (non-hydrogen) atoms. The molecule has 0 aliphatic rings. The van der Waals surface area contributed by atoms with Gasteiger partial charge in [-0.05, 0) is 36.4 Å². The minimum atomic E-state index is 0.656. The molecular weight excluding hydrogens is 254 g/mol. The van der Waals surface area contributed by atoms with Crippen molar-refractivity contribution >= 4 is 23.4 Å². The first-order valence-corrected chi connectivity index (χ1v) is 6.63. The Bertz CT molecular complexity index is 447. The van der Waals surface area contributed by atoms with Crippen molar-refractivity contribution in [3.63, 3.8) is 0 Å². The average molecular weight is 266 g/mol. The number of aromatic nitrogens is 1. The first-order valence-electron chi connectivity index (χ1n) is 5.27. The lowest BCUT2D eigenvalue weighted by Crippen LogP contribution is -2.00. The lowest BCUT2D eigenvalue weighted by Gasteiger charge is -2.05. The van der Waals surface area contributed by atoms with Crippen molar-refractivity contribution in [2.24, 2.45) is 0 Å². The van der Waals surface area contributed by atoms with E-state index >= 15 is 0 Å². The van der Waals surface area contributed by atoms with E-state index in [0.717, 1.165) is 21.6 Å². The van der Waals surface area contributed by atoms with E-state index in [9.17, 15) is 0 Å². The summed E-state index contributed by atoms with van der Waals surface area (Å²) in [5.41, 5.74) is 0. The molecule has 0 bridgehead atoms. The van der Waals surface area contributed by atoms with E-state index in [0.29, 0.717) is 6.61 Å². The van der Waals surface area contributed by atoms with Crippen LogP contribution in [0.3, 0.4) is 0 Å². The fourth-order valence-electron chi connectivity index (χ4n) is 1.27. The molecule has 0 unspecified atom stereocenters. The van der Waals surface area contributed by atoms with Crippen LogP contribution in [0.1, 0.15) is 0 Å². The summed E-state index contributed by atoms with van der Waals surface area (Å²) in [6, 6.07) is 13.3. The third-order valence-corrected chi connectivity index (χ3v) is 3.21. The van der Waals surface area contributed by atoms with Crippen molar-refractivity contribution in [3.05, 3.63) is 53.7 Å². The normalized spacial score (nSPS) is 10.2. The summed E-state index contributed by atoms with van der Waals surface area (Å²) in [5, 5.41) is 1.74. The van der Waals surface area contributed by atoms with Crippen molar-refractivity contribution in [2.45, 2.75) is 5.03 Å². The van der Waals surface area contributed by atoms with E-state index in [1.165, 1.54) is 0 Å². The molecule has 1 aromatic carbocycles. The van der Waals surface area contributed by atoms with Gasteiger partial charge in [0.1, 0.15) is 5.75 Å². The van der Waals surface area contributed by atoms with E-state index in [1.54, 1.807) is 18.0 Å². The number of thioether (sulfide) groups is 1. The molecule has 0 fully saturated rings. The Balaban J connectivity index is 1.71. The number of nitrogens with zero attached hydrogens (tertiary/aromatic N) is 1. The van der Waals surface area contributed by atoms with Gasteiger partial charge in [-0.15, -0.1) is 11.8 Å². The van der Waals surface area contributed by atoms with Gasteiger partial charge in [-0.25, -0.2) is 4.98 Å². The molecule has 1 aromatic heterocycles. The lowest BCUT2D eigenvalue weighted by atomic mass is 10.3. The van der Waals surface area contributed by atoms with Crippen LogP contribution in [-0.2, 0) is 0 Å². The summed E-state index contributed by atoms with van der Waals surface area (Å²) >= 11 is 7.47. The van der Waals surface area contributed by atoms with E-state index in [2.05, 4.69) is 4.98 Å². The molecule has 0 aliphatic heterocycles. The van der Waals surface area contributed by atoms with Gasteiger partial charge >= 0.3 is 0 Å². The highest BCUT2D eigenvalue weighted by Crippen LogP contribution is 2.17. The molecule has 0 N–H and O–H groups in total. The zero-order chi connectivity index (χ0) is 11.9. The lowest BCUT2D eigenvalue weighted by molar-refractivity contribution is 0.344. The molecular formula is C13H12ClNOS. The zero-order valence-corrected chi connectivity index (χ0v) is 10.7. The van der Waals surface area contributed by atoms with Crippen LogP contribution in [0.2, 0.25) is 5.02 Å². The second-order valence-electron chi connectivity index (χ2n) is 3.32. The van der Waals surface area contributed by atoms with Crippen molar-refractivity contribution in [1.82, 2.24) is 4.98 Å². The van der Waals surface area contributed by atoms with Gasteiger partial charge in [-0.1, -0.05) is 17.7 Å². The first kappa shape index (κ1) is 12.3. The minimum Gasteiger partial charge on any atom is -0.493 e. The Morgan fingerprint density at radius 3 is 2.65 bits per heavy atom. The molecule has 2 aromatic rings. The zero-order valence-electron chi connectivity index (χ0n) is 9.17. The second kappa shape index (κ2) is 6.52. The minimum absolute atomic E-state index is 0.656. The summed E-state index contributed by atoms with van der Waals surface area (Å²) in [6.07, 6.45) is 1.79. The van der Waals surface area contributed by atoms with Gasteiger partial charge in [-0.3, -0.25) is 0 Å². The van der Waals surface area contributed by atoms with E-state index in [1.807, 2.05) is 42.5 Å². The molecule has 2 rings (SSSR count). The number of hydrogen-bond acceptors (Lipinski definition) is 3. The van der Waals surface area contributed by atoms with Crippen molar-refractivity contribution < 1.29 is 4.74 Å². The molecule has 0 saturated carbocycles. The van der Waals surface area contributed by atoms with Gasteiger partial charge in [0.25, 0.3) is 0 Å². The van der Waals surface area contributed by atoms with Crippen LogP contribution in [-0.4, -0.2) is 17.3 Å². The van der Waals surface area contributed by atoms with Crippen LogP contribution in [0.5, 0.6) is 5.75 Å². The summed E-state index contributed by atoms with van der Waals surface area (Å²) in [7, 11) is 0. The molecule has 4 heteroatoms. The summed E-state index contributed by atoms with van der Waals surface area (Å²) in [5.74, 6) is 1.72. The maximum Gasteiger partial charge on any atom is 0.119 e. The van der Waals surface area contributed by atoms with Gasteiger partial charge in [0, 0.05) is 17.0 Å². The number of hydrogen-bond donors (Lipinski definition) is 0. The molecule has 0 spiro atoms. The summed E-state index contributed by atoms with van der Waals surface area (Å²) in [6.45, 7) is 0.656. The van der Waals surface area contributed by atoms with E-state index in [-0.39, 0.29) is 0 Å². The van der Waals surface area contributed by atoms with Gasteiger partial charge in [0.15, 0.2) is 0 Å². The van der Waals surface area contributed by atoms with Crippen LogP contribution in [0.15, 0.2) is 53.7 Å². The first-order chi connectivity index (χ1) is 8.34. The smallest absolute Gasteiger partial charge is 0.119 e. The van der Waals surface area contributed by atoms with E-state index < -0.39 is 0 Å². The Kier molecular flexibility index (Phi) is 4.71. The number of pyridine rings is 1. The summed E-state index contributed by atoms with van der Waals surface area (Å²) < 4.78 is 5.58. The average Bonchev–Trinajstić information content (AvgIpc) is 2.38. The second-order valence-corrected chi connectivity index (χ2v) is 4.87.